The van der Waals surface area contributed by atoms with Gasteiger partial charge >= 0.3 is 0 Å². The molecule has 1 aliphatic carbocycles. The molecule has 2 aromatic heterocycles. The van der Waals surface area contributed by atoms with Crippen LogP contribution in [0.1, 0.15) is 59.2 Å². The summed E-state index contributed by atoms with van der Waals surface area (Å²) >= 11 is 0. The number of likely N-dealkylation sites (tertiary alicyclic amines) is 1. The minimum atomic E-state index is 0.0000491. The highest BCUT2D eigenvalue weighted by molar-refractivity contribution is 5.94. The molecule has 5 nitrogen and oxygen atoms in total. The summed E-state index contributed by atoms with van der Waals surface area (Å²) in [6.07, 6.45) is 7.79. The van der Waals surface area contributed by atoms with Crippen LogP contribution in [0.25, 0.3) is 0 Å². The number of rotatable bonds is 2. The molecule has 1 atom stereocenters. The van der Waals surface area contributed by atoms with Gasteiger partial charge in [0.25, 0.3) is 5.91 Å². The Morgan fingerprint density at radius 1 is 1.23 bits per heavy atom. The predicted molar refractivity (Wildman–Crippen MR) is 80.4 cm³/mol. The first-order chi connectivity index (χ1) is 10.8. The molecule has 4 rings (SSSR count). The van der Waals surface area contributed by atoms with Crippen LogP contribution in [0.5, 0.6) is 0 Å². The molecule has 0 N–H and O–H groups in total. The lowest BCUT2D eigenvalue weighted by atomic mass is 9.96. The second kappa shape index (κ2) is 5.55. The lowest BCUT2D eigenvalue weighted by Gasteiger charge is -2.24. The van der Waals surface area contributed by atoms with Crippen LogP contribution in [-0.4, -0.2) is 27.5 Å². The van der Waals surface area contributed by atoms with Gasteiger partial charge in [-0.15, -0.1) is 0 Å². The Morgan fingerprint density at radius 3 is 3.00 bits per heavy atom. The van der Waals surface area contributed by atoms with Gasteiger partial charge in [-0.1, -0.05) is 11.2 Å². The molecule has 5 heteroatoms. The van der Waals surface area contributed by atoms with Crippen LogP contribution in [0.4, 0.5) is 0 Å². The van der Waals surface area contributed by atoms with Crippen molar-refractivity contribution in [3.8, 4) is 0 Å². The zero-order valence-corrected chi connectivity index (χ0v) is 12.5. The molecule has 0 saturated carbocycles. The molecule has 1 saturated heterocycles. The van der Waals surface area contributed by atoms with Gasteiger partial charge in [-0.25, -0.2) is 0 Å². The Labute approximate surface area is 129 Å². The molecule has 1 unspecified atom stereocenters. The monoisotopic (exact) mass is 297 g/mol. The van der Waals surface area contributed by atoms with Crippen LogP contribution in [0, 0.1) is 0 Å². The summed E-state index contributed by atoms with van der Waals surface area (Å²) in [6, 6.07) is 5.93. The number of carbonyl (C=O) groups excluding carboxylic acids is 1. The van der Waals surface area contributed by atoms with E-state index in [-0.39, 0.29) is 11.9 Å². The standard InChI is InChI=1S/C17H19N3O2/c21-17(16-12-6-1-2-9-15(12)22-19-16)20-11-5-8-14(20)13-7-3-4-10-18-13/h3-4,7,10,14H,1-2,5-6,8-9,11H2. The zero-order chi connectivity index (χ0) is 14.9. The van der Waals surface area contributed by atoms with Crippen LogP contribution in [0.2, 0.25) is 0 Å². The molecule has 1 aliphatic heterocycles. The van der Waals surface area contributed by atoms with Crippen LogP contribution in [0.15, 0.2) is 28.9 Å². The fourth-order valence-corrected chi connectivity index (χ4v) is 3.58. The lowest BCUT2D eigenvalue weighted by molar-refractivity contribution is 0.0721. The topological polar surface area (TPSA) is 59.2 Å². The fourth-order valence-electron chi connectivity index (χ4n) is 3.58. The maximum Gasteiger partial charge on any atom is 0.276 e. The lowest BCUT2D eigenvalue weighted by Crippen LogP contribution is -2.32. The first kappa shape index (κ1) is 13.5. The Kier molecular flexibility index (Phi) is 3.41. The average Bonchev–Trinajstić information content (AvgIpc) is 3.22. The Bertz CT molecular complexity index is 680. The van der Waals surface area contributed by atoms with Crippen molar-refractivity contribution in [1.82, 2.24) is 15.0 Å². The van der Waals surface area contributed by atoms with E-state index < -0.39 is 0 Å². The SMILES string of the molecule is O=C(c1noc2c1CCCC2)N1CCCC1c1ccccn1. The van der Waals surface area contributed by atoms with Gasteiger partial charge in [-0.05, 0) is 44.2 Å². The largest absolute Gasteiger partial charge is 0.360 e. The number of aromatic nitrogens is 2. The second-order valence-electron chi connectivity index (χ2n) is 6.05. The molecule has 0 radical (unpaired) electrons. The average molecular weight is 297 g/mol. The van der Waals surface area contributed by atoms with Gasteiger partial charge in [0, 0.05) is 24.7 Å². The van der Waals surface area contributed by atoms with Gasteiger partial charge in [-0.3, -0.25) is 9.78 Å². The first-order valence-electron chi connectivity index (χ1n) is 8.04. The number of hydrogen-bond acceptors (Lipinski definition) is 4. The summed E-state index contributed by atoms with van der Waals surface area (Å²) in [4.78, 5) is 19.3. The van der Waals surface area contributed by atoms with Crippen molar-refractivity contribution in [3.63, 3.8) is 0 Å². The Balaban J connectivity index is 1.63. The number of amides is 1. The molecule has 0 spiro atoms. The third-order valence-electron chi connectivity index (χ3n) is 4.70. The Hall–Kier alpha value is -2.17. The van der Waals surface area contributed by atoms with Crippen molar-refractivity contribution in [2.45, 2.75) is 44.6 Å². The molecule has 2 aromatic rings. The van der Waals surface area contributed by atoms with E-state index in [0.29, 0.717) is 5.69 Å². The van der Waals surface area contributed by atoms with E-state index in [1.165, 1.54) is 0 Å². The highest BCUT2D eigenvalue weighted by Gasteiger charge is 2.35. The normalized spacial score (nSPS) is 20.9. The molecule has 0 aromatic carbocycles. The molecular weight excluding hydrogens is 278 g/mol. The number of pyridine rings is 1. The third kappa shape index (κ3) is 2.21. The van der Waals surface area contributed by atoms with Crippen LogP contribution in [-0.2, 0) is 12.8 Å². The van der Waals surface area contributed by atoms with Gasteiger partial charge in [-0.2, -0.15) is 0 Å². The summed E-state index contributed by atoms with van der Waals surface area (Å²) in [5, 5.41) is 4.08. The number of carbonyl (C=O) groups is 1. The molecule has 2 aliphatic rings. The van der Waals surface area contributed by atoms with E-state index in [0.717, 1.165) is 62.1 Å². The van der Waals surface area contributed by atoms with E-state index in [9.17, 15) is 4.79 Å². The van der Waals surface area contributed by atoms with Crippen molar-refractivity contribution in [2.24, 2.45) is 0 Å². The van der Waals surface area contributed by atoms with Gasteiger partial charge < -0.3 is 9.42 Å². The molecule has 1 amide bonds. The molecule has 114 valence electrons. The third-order valence-corrected chi connectivity index (χ3v) is 4.70. The minimum Gasteiger partial charge on any atom is -0.360 e. The number of fused-ring (bicyclic) bond motifs is 1. The fraction of sp³-hybridized carbons (Fsp3) is 0.471. The number of nitrogens with zero attached hydrogens (tertiary/aromatic N) is 3. The van der Waals surface area contributed by atoms with Crippen molar-refractivity contribution >= 4 is 5.91 Å². The highest BCUT2D eigenvalue weighted by atomic mass is 16.5. The van der Waals surface area contributed by atoms with E-state index in [1.54, 1.807) is 6.20 Å². The minimum absolute atomic E-state index is 0.0000491. The molecular formula is C17H19N3O2. The van der Waals surface area contributed by atoms with E-state index >= 15 is 0 Å². The van der Waals surface area contributed by atoms with Gasteiger partial charge in [0.1, 0.15) is 5.76 Å². The summed E-state index contributed by atoms with van der Waals surface area (Å²) in [6.45, 7) is 0.766. The summed E-state index contributed by atoms with van der Waals surface area (Å²) in [7, 11) is 0. The second-order valence-corrected chi connectivity index (χ2v) is 6.05. The van der Waals surface area contributed by atoms with Crippen molar-refractivity contribution in [3.05, 3.63) is 47.1 Å². The van der Waals surface area contributed by atoms with Gasteiger partial charge in [0.05, 0.1) is 11.7 Å². The van der Waals surface area contributed by atoms with Crippen molar-refractivity contribution in [2.75, 3.05) is 6.54 Å². The van der Waals surface area contributed by atoms with Crippen molar-refractivity contribution in [1.29, 1.82) is 0 Å². The van der Waals surface area contributed by atoms with Crippen LogP contribution >= 0.6 is 0 Å². The van der Waals surface area contributed by atoms with Gasteiger partial charge in [0.2, 0.25) is 0 Å². The smallest absolute Gasteiger partial charge is 0.276 e. The zero-order valence-electron chi connectivity index (χ0n) is 12.5. The van der Waals surface area contributed by atoms with E-state index in [1.807, 2.05) is 23.1 Å². The quantitative estimate of drug-likeness (QED) is 0.855. The molecule has 1 fully saturated rings. The molecule has 3 heterocycles. The maximum atomic E-state index is 12.9. The number of hydrogen-bond donors (Lipinski definition) is 0. The number of aryl methyl sites for hydroxylation is 1. The van der Waals surface area contributed by atoms with E-state index in [4.69, 9.17) is 4.52 Å². The first-order valence-corrected chi connectivity index (χ1v) is 8.04. The van der Waals surface area contributed by atoms with Gasteiger partial charge in [0.15, 0.2) is 5.69 Å². The summed E-state index contributed by atoms with van der Waals surface area (Å²) in [5.74, 6) is 0.906. The maximum absolute atomic E-state index is 12.9. The van der Waals surface area contributed by atoms with Crippen LogP contribution in [0.3, 0.4) is 0 Å². The Morgan fingerprint density at radius 2 is 2.14 bits per heavy atom. The van der Waals surface area contributed by atoms with Crippen LogP contribution < -0.4 is 0 Å². The van der Waals surface area contributed by atoms with Crippen molar-refractivity contribution < 1.29 is 9.32 Å². The molecule has 22 heavy (non-hydrogen) atoms. The van der Waals surface area contributed by atoms with E-state index in [2.05, 4.69) is 10.1 Å². The predicted octanol–water partition coefficient (Wildman–Crippen LogP) is 2.93. The highest BCUT2D eigenvalue weighted by Crippen LogP contribution is 2.33. The summed E-state index contributed by atoms with van der Waals surface area (Å²) < 4.78 is 5.40. The summed E-state index contributed by atoms with van der Waals surface area (Å²) in [5.41, 5.74) is 2.52. The molecule has 0 bridgehead atoms.